The molecule has 1 aliphatic rings. The fourth-order valence-electron chi connectivity index (χ4n) is 2.89. The molecule has 0 aromatic heterocycles. The Hall–Kier alpha value is -1.35. The van der Waals surface area contributed by atoms with Crippen molar-refractivity contribution < 1.29 is 4.79 Å². The predicted molar refractivity (Wildman–Crippen MR) is 82.9 cm³/mol. The Balaban J connectivity index is 1.82. The number of carbonyl (C=O) groups excluding carboxylic acids is 1. The van der Waals surface area contributed by atoms with Gasteiger partial charge < -0.3 is 10.6 Å². The van der Waals surface area contributed by atoms with Gasteiger partial charge in [-0.15, -0.1) is 0 Å². The fraction of sp³-hybridized carbons (Fsp3) is 0.588. The number of hydrogen-bond acceptors (Lipinski definition) is 2. The van der Waals surface area contributed by atoms with Gasteiger partial charge in [-0.1, -0.05) is 24.3 Å². The van der Waals surface area contributed by atoms with Gasteiger partial charge in [0.25, 0.3) is 0 Å². The molecule has 2 rings (SSSR count). The van der Waals surface area contributed by atoms with Crippen LogP contribution in [0.2, 0.25) is 0 Å². The Bertz CT molecular complexity index is 462. The Morgan fingerprint density at radius 2 is 2.05 bits per heavy atom. The summed E-state index contributed by atoms with van der Waals surface area (Å²) < 4.78 is 0. The average Bonchev–Trinajstić information content (AvgIpc) is 2.37. The molecule has 1 amide bonds. The number of fused-ring (bicyclic) bond motifs is 1. The molecule has 20 heavy (non-hydrogen) atoms. The van der Waals surface area contributed by atoms with Crippen LogP contribution in [0.25, 0.3) is 0 Å². The zero-order valence-corrected chi connectivity index (χ0v) is 12.8. The van der Waals surface area contributed by atoms with Crippen molar-refractivity contribution in [3.05, 3.63) is 35.4 Å². The number of rotatable bonds is 4. The van der Waals surface area contributed by atoms with Crippen LogP contribution in [0, 0.1) is 0 Å². The first-order chi connectivity index (χ1) is 9.46. The summed E-state index contributed by atoms with van der Waals surface area (Å²) in [6.07, 6.45) is 3.65. The Kier molecular flexibility index (Phi) is 4.81. The molecule has 110 valence electrons. The number of aryl methyl sites for hydroxylation is 1. The van der Waals surface area contributed by atoms with E-state index >= 15 is 0 Å². The van der Waals surface area contributed by atoms with Crippen LogP contribution < -0.4 is 10.6 Å². The smallest absolute Gasteiger partial charge is 0.234 e. The van der Waals surface area contributed by atoms with Crippen LogP contribution in [0.5, 0.6) is 0 Å². The van der Waals surface area contributed by atoms with Crippen molar-refractivity contribution in [2.24, 2.45) is 0 Å². The Morgan fingerprint density at radius 1 is 1.30 bits per heavy atom. The molecular weight excluding hydrogens is 248 g/mol. The molecule has 2 N–H and O–H groups in total. The monoisotopic (exact) mass is 274 g/mol. The normalized spacial score (nSPS) is 18.4. The van der Waals surface area contributed by atoms with Crippen molar-refractivity contribution in [2.45, 2.75) is 51.5 Å². The Labute approximate surface area is 122 Å². The molecule has 0 radical (unpaired) electrons. The summed E-state index contributed by atoms with van der Waals surface area (Å²) in [5.74, 6) is 0.615. The maximum atomic E-state index is 11.8. The van der Waals surface area contributed by atoms with Gasteiger partial charge in [0.05, 0.1) is 6.54 Å². The van der Waals surface area contributed by atoms with Crippen molar-refractivity contribution in [3.8, 4) is 0 Å². The van der Waals surface area contributed by atoms with E-state index in [4.69, 9.17) is 0 Å². The standard InChI is InChI=1S/C17H26N2O/c1-17(2,3)19-16(20)12-18-11-14-9-6-8-13-7-4-5-10-15(13)14/h4-5,7,10,14,18H,6,8-9,11-12H2,1-3H3,(H,19,20). The van der Waals surface area contributed by atoms with Crippen molar-refractivity contribution in [3.63, 3.8) is 0 Å². The molecule has 1 aromatic rings. The van der Waals surface area contributed by atoms with E-state index < -0.39 is 0 Å². The zero-order valence-electron chi connectivity index (χ0n) is 12.8. The van der Waals surface area contributed by atoms with Crippen molar-refractivity contribution >= 4 is 5.91 Å². The third-order valence-electron chi connectivity index (χ3n) is 3.68. The van der Waals surface area contributed by atoms with Gasteiger partial charge in [0, 0.05) is 12.1 Å². The maximum Gasteiger partial charge on any atom is 0.234 e. The lowest BCUT2D eigenvalue weighted by Crippen LogP contribution is -2.45. The predicted octanol–water partition coefficient (Wildman–Crippen LogP) is 2.61. The van der Waals surface area contributed by atoms with Gasteiger partial charge in [-0.3, -0.25) is 4.79 Å². The molecule has 1 unspecified atom stereocenters. The lowest BCUT2D eigenvalue weighted by molar-refractivity contribution is -0.121. The summed E-state index contributed by atoms with van der Waals surface area (Å²) in [7, 11) is 0. The summed E-state index contributed by atoms with van der Waals surface area (Å²) >= 11 is 0. The molecule has 0 heterocycles. The van der Waals surface area contributed by atoms with Crippen LogP contribution in [-0.4, -0.2) is 24.5 Å². The molecule has 0 bridgehead atoms. The van der Waals surface area contributed by atoms with E-state index in [0.717, 1.165) is 6.54 Å². The fourth-order valence-corrected chi connectivity index (χ4v) is 2.89. The second kappa shape index (κ2) is 6.40. The highest BCUT2D eigenvalue weighted by Crippen LogP contribution is 2.30. The lowest BCUT2D eigenvalue weighted by atomic mass is 9.83. The van der Waals surface area contributed by atoms with Gasteiger partial charge in [0.15, 0.2) is 0 Å². The highest BCUT2D eigenvalue weighted by atomic mass is 16.2. The third kappa shape index (κ3) is 4.34. The van der Waals surface area contributed by atoms with Crippen LogP contribution in [0.4, 0.5) is 0 Å². The molecule has 0 spiro atoms. The molecule has 0 saturated carbocycles. The minimum absolute atomic E-state index is 0.0709. The van der Waals surface area contributed by atoms with Gasteiger partial charge in [-0.05, 0) is 57.1 Å². The van der Waals surface area contributed by atoms with E-state index in [2.05, 4.69) is 34.9 Å². The van der Waals surface area contributed by atoms with Gasteiger partial charge in [-0.2, -0.15) is 0 Å². The van der Waals surface area contributed by atoms with Crippen LogP contribution in [0.15, 0.2) is 24.3 Å². The molecule has 1 aromatic carbocycles. The minimum atomic E-state index is -0.157. The lowest BCUT2D eigenvalue weighted by Gasteiger charge is -2.26. The zero-order chi connectivity index (χ0) is 14.6. The average molecular weight is 274 g/mol. The van der Waals surface area contributed by atoms with Crippen LogP contribution in [0.1, 0.15) is 50.7 Å². The molecule has 0 saturated heterocycles. The largest absolute Gasteiger partial charge is 0.350 e. The number of nitrogens with one attached hydrogen (secondary N) is 2. The Morgan fingerprint density at radius 3 is 2.80 bits per heavy atom. The molecule has 1 atom stereocenters. The second-order valence-corrected chi connectivity index (χ2v) is 6.72. The number of hydrogen-bond donors (Lipinski definition) is 2. The summed E-state index contributed by atoms with van der Waals surface area (Å²) in [6.45, 7) is 7.29. The summed E-state index contributed by atoms with van der Waals surface area (Å²) in [5.41, 5.74) is 2.78. The third-order valence-corrected chi connectivity index (χ3v) is 3.68. The van der Waals surface area contributed by atoms with Gasteiger partial charge in [0.1, 0.15) is 0 Å². The maximum absolute atomic E-state index is 11.8. The minimum Gasteiger partial charge on any atom is -0.350 e. The molecule has 1 aliphatic carbocycles. The van der Waals surface area contributed by atoms with E-state index in [1.54, 1.807) is 0 Å². The number of benzene rings is 1. The van der Waals surface area contributed by atoms with Crippen LogP contribution in [0.3, 0.4) is 0 Å². The van der Waals surface area contributed by atoms with Crippen molar-refractivity contribution in [2.75, 3.05) is 13.1 Å². The van der Waals surface area contributed by atoms with Crippen molar-refractivity contribution in [1.29, 1.82) is 0 Å². The first-order valence-corrected chi connectivity index (χ1v) is 7.55. The van der Waals surface area contributed by atoms with E-state index in [9.17, 15) is 4.79 Å². The van der Waals surface area contributed by atoms with Crippen molar-refractivity contribution in [1.82, 2.24) is 10.6 Å². The second-order valence-electron chi connectivity index (χ2n) is 6.72. The first-order valence-electron chi connectivity index (χ1n) is 7.55. The molecule has 3 nitrogen and oxygen atoms in total. The first kappa shape index (κ1) is 15.0. The molecular formula is C17H26N2O. The van der Waals surface area contributed by atoms with E-state index in [-0.39, 0.29) is 11.4 Å². The SMILES string of the molecule is CC(C)(C)NC(=O)CNCC1CCCc2ccccc21. The van der Waals surface area contributed by atoms with Crippen LogP contribution >= 0.6 is 0 Å². The summed E-state index contributed by atoms with van der Waals surface area (Å²) in [5, 5.41) is 6.28. The van der Waals surface area contributed by atoms with E-state index in [1.165, 1.54) is 30.4 Å². The molecule has 0 fully saturated rings. The topological polar surface area (TPSA) is 41.1 Å². The molecule has 3 heteroatoms. The van der Waals surface area contributed by atoms with E-state index in [0.29, 0.717) is 12.5 Å². The quantitative estimate of drug-likeness (QED) is 0.886. The van der Waals surface area contributed by atoms with E-state index in [1.807, 2.05) is 20.8 Å². The molecule has 0 aliphatic heterocycles. The van der Waals surface area contributed by atoms with Gasteiger partial charge in [-0.25, -0.2) is 0 Å². The van der Waals surface area contributed by atoms with Crippen LogP contribution in [-0.2, 0) is 11.2 Å². The number of amides is 1. The van der Waals surface area contributed by atoms with Gasteiger partial charge in [0.2, 0.25) is 5.91 Å². The summed E-state index contributed by atoms with van der Waals surface area (Å²) in [6, 6.07) is 8.69. The highest BCUT2D eigenvalue weighted by molar-refractivity contribution is 5.78. The highest BCUT2D eigenvalue weighted by Gasteiger charge is 2.20. The number of carbonyl (C=O) groups is 1. The summed E-state index contributed by atoms with van der Waals surface area (Å²) in [4.78, 5) is 11.8. The van der Waals surface area contributed by atoms with Gasteiger partial charge >= 0.3 is 0 Å².